The number of hydrogen-bond donors (Lipinski definition) is 0. The van der Waals surface area contributed by atoms with Crippen LogP contribution in [-0.4, -0.2) is 0 Å². The average Bonchev–Trinajstić information content (AvgIpc) is 2.41. The molecule has 0 aliphatic rings. The molecule has 0 nitrogen and oxygen atoms in total. The summed E-state index contributed by atoms with van der Waals surface area (Å²) >= 11 is 0. The Morgan fingerprint density at radius 2 is 1.38 bits per heavy atom. The van der Waals surface area contributed by atoms with Crippen molar-refractivity contribution in [1.82, 2.24) is 0 Å². The molecule has 21 heavy (non-hydrogen) atoms. The normalized spacial score (nSPS) is 15.8. The van der Waals surface area contributed by atoms with Gasteiger partial charge in [0.05, 0.1) is 0 Å². The Morgan fingerprint density at radius 1 is 0.810 bits per heavy atom. The SMILES string of the molecule is CCC(C)(C)CC=CCCC[C@@H](C)[C@@H](C)CCCC(C)C. The molecule has 0 aromatic rings. The molecule has 0 radical (unpaired) electrons. The largest absolute Gasteiger partial charge is 0.0885 e. The van der Waals surface area contributed by atoms with Crippen molar-refractivity contribution in [3.05, 3.63) is 12.2 Å². The lowest BCUT2D eigenvalue weighted by Gasteiger charge is -2.20. The van der Waals surface area contributed by atoms with Crippen LogP contribution in [0.5, 0.6) is 0 Å². The predicted molar refractivity (Wildman–Crippen MR) is 98.7 cm³/mol. The van der Waals surface area contributed by atoms with Crippen molar-refractivity contribution in [3.63, 3.8) is 0 Å². The van der Waals surface area contributed by atoms with Gasteiger partial charge in [0.15, 0.2) is 0 Å². The van der Waals surface area contributed by atoms with Gasteiger partial charge in [-0.25, -0.2) is 0 Å². The fourth-order valence-electron chi connectivity index (χ4n) is 2.64. The zero-order chi connectivity index (χ0) is 16.3. The van der Waals surface area contributed by atoms with Crippen molar-refractivity contribution in [2.75, 3.05) is 0 Å². The second-order valence-corrected chi connectivity index (χ2v) is 8.40. The van der Waals surface area contributed by atoms with Gasteiger partial charge in [-0.05, 0) is 42.4 Å². The Balaban J connectivity index is 3.69. The highest BCUT2D eigenvalue weighted by Crippen LogP contribution is 2.26. The lowest BCUT2D eigenvalue weighted by Crippen LogP contribution is -2.08. The lowest BCUT2D eigenvalue weighted by molar-refractivity contribution is 0.322. The van der Waals surface area contributed by atoms with Crippen LogP contribution in [0.1, 0.15) is 99.8 Å². The van der Waals surface area contributed by atoms with E-state index in [1.807, 2.05) is 0 Å². The quantitative estimate of drug-likeness (QED) is 0.256. The van der Waals surface area contributed by atoms with Gasteiger partial charge in [0.1, 0.15) is 0 Å². The smallest absolute Gasteiger partial charge is 0.0299 e. The third-order valence-corrected chi connectivity index (χ3v) is 5.24. The summed E-state index contributed by atoms with van der Waals surface area (Å²) in [6.07, 6.45) is 15.6. The van der Waals surface area contributed by atoms with E-state index >= 15 is 0 Å². The first-order valence-corrected chi connectivity index (χ1v) is 9.43. The molecule has 0 aliphatic heterocycles. The molecule has 0 saturated carbocycles. The molecule has 0 spiro atoms. The van der Waals surface area contributed by atoms with Crippen LogP contribution in [0.4, 0.5) is 0 Å². The minimum atomic E-state index is 0.481. The standard InChI is InChI=1S/C21H42/c1-8-21(6,7)17-12-10-9-11-15-19(4)20(5)16-13-14-18(2)3/h10,12,18-20H,8-9,11,13-17H2,1-7H3/t19-,20+/m1/s1. The van der Waals surface area contributed by atoms with Gasteiger partial charge in [0, 0.05) is 0 Å². The van der Waals surface area contributed by atoms with Gasteiger partial charge in [-0.2, -0.15) is 0 Å². The summed E-state index contributed by atoms with van der Waals surface area (Å²) in [4.78, 5) is 0. The molecule has 0 unspecified atom stereocenters. The minimum Gasteiger partial charge on any atom is -0.0885 e. The van der Waals surface area contributed by atoms with Crippen LogP contribution >= 0.6 is 0 Å². The number of rotatable bonds is 12. The van der Waals surface area contributed by atoms with E-state index in [0.29, 0.717) is 5.41 Å². The van der Waals surface area contributed by atoms with Crippen LogP contribution in [0.15, 0.2) is 12.2 Å². The second kappa shape index (κ2) is 11.3. The molecule has 0 N–H and O–H groups in total. The van der Waals surface area contributed by atoms with Gasteiger partial charge >= 0.3 is 0 Å². The number of hydrogen-bond acceptors (Lipinski definition) is 0. The third-order valence-electron chi connectivity index (χ3n) is 5.24. The van der Waals surface area contributed by atoms with E-state index in [4.69, 9.17) is 0 Å². The molecule has 0 fully saturated rings. The first-order chi connectivity index (χ1) is 9.78. The van der Waals surface area contributed by atoms with Gasteiger partial charge in [-0.15, -0.1) is 0 Å². The van der Waals surface area contributed by atoms with E-state index in [9.17, 15) is 0 Å². The molecular formula is C21H42. The van der Waals surface area contributed by atoms with E-state index in [-0.39, 0.29) is 0 Å². The topological polar surface area (TPSA) is 0 Å². The van der Waals surface area contributed by atoms with Crippen LogP contribution in [0.3, 0.4) is 0 Å². The summed E-state index contributed by atoms with van der Waals surface area (Å²) in [6.45, 7) is 16.6. The highest BCUT2D eigenvalue weighted by atomic mass is 14.2. The van der Waals surface area contributed by atoms with Gasteiger partial charge in [-0.1, -0.05) is 92.7 Å². The second-order valence-electron chi connectivity index (χ2n) is 8.40. The Morgan fingerprint density at radius 3 is 1.90 bits per heavy atom. The molecule has 2 atom stereocenters. The van der Waals surface area contributed by atoms with E-state index in [2.05, 4.69) is 60.6 Å². The van der Waals surface area contributed by atoms with Crippen molar-refractivity contribution in [2.45, 2.75) is 99.8 Å². The van der Waals surface area contributed by atoms with E-state index in [1.165, 1.54) is 51.4 Å². The molecule has 0 amide bonds. The van der Waals surface area contributed by atoms with Gasteiger partial charge < -0.3 is 0 Å². The molecule has 0 aromatic carbocycles. The molecule has 0 rings (SSSR count). The van der Waals surface area contributed by atoms with Gasteiger partial charge in [0.25, 0.3) is 0 Å². The average molecular weight is 295 g/mol. The minimum absolute atomic E-state index is 0.481. The maximum atomic E-state index is 2.45. The molecule has 0 heterocycles. The molecule has 0 bridgehead atoms. The molecule has 0 saturated heterocycles. The Kier molecular flexibility index (Phi) is 11.2. The van der Waals surface area contributed by atoms with E-state index < -0.39 is 0 Å². The van der Waals surface area contributed by atoms with Crippen molar-refractivity contribution in [1.29, 1.82) is 0 Å². The van der Waals surface area contributed by atoms with Crippen LogP contribution in [-0.2, 0) is 0 Å². The van der Waals surface area contributed by atoms with Crippen LogP contribution in [0.2, 0.25) is 0 Å². The van der Waals surface area contributed by atoms with Gasteiger partial charge in [0.2, 0.25) is 0 Å². The fourth-order valence-corrected chi connectivity index (χ4v) is 2.64. The van der Waals surface area contributed by atoms with Crippen molar-refractivity contribution >= 4 is 0 Å². The van der Waals surface area contributed by atoms with Crippen LogP contribution in [0, 0.1) is 23.2 Å². The summed E-state index contributed by atoms with van der Waals surface area (Å²) in [5.41, 5.74) is 0.481. The lowest BCUT2D eigenvalue weighted by atomic mass is 9.85. The molecule has 126 valence electrons. The summed E-state index contributed by atoms with van der Waals surface area (Å²) in [5, 5.41) is 0. The van der Waals surface area contributed by atoms with Crippen molar-refractivity contribution in [3.8, 4) is 0 Å². The zero-order valence-electron chi connectivity index (χ0n) is 16.0. The molecule has 0 aliphatic carbocycles. The first kappa shape index (κ1) is 20.7. The third kappa shape index (κ3) is 12.0. The fraction of sp³-hybridized carbons (Fsp3) is 0.905. The van der Waals surface area contributed by atoms with Crippen LogP contribution < -0.4 is 0 Å². The maximum Gasteiger partial charge on any atom is -0.0299 e. The van der Waals surface area contributed by atoms with Crippen molar-refractivity contribution < 1.29 is 0 Å². The first-order valence-electron chi connectivity index (χ1n) is 9.43. The number of unbranched alkanes of at least 4 members (excludes halogenated alkanes) is 1. The maximum absolute atomic E-state index is 2.45. The molecule has 0 heteroatoms. The Hall–Kier alpha value is -0.260. The van der Waals surface area contributed by atoms with E-state index in [0.717, 1.165) is 17.8 Å². The summed E-state index contributed by atoms with van der Waals surface area (Å²) in [7, 11) is 0. The summed E-state index contributed by atoms with van der Waals surface area (Å²) < 4.78 is 0. The van der Waals surface area contributed by atoms with E-state index in [1.54, 1.807) is 0 Å². The zero-order valence-corrected chi connectivity index (χ0v) is 16.0. The Bertz CT molecular complexity index is 259. The summed E-state index contributed by atoms with van der Waals surface area (Å²) in [6, 6.07) is 0. The Labute approximate surface area is 135 Å². The predicted octanol–water partition coefficient (Wildman–Crippen LogP) is 7.64. The number of allylic oxidation sites excluding steroid dienone is 2. The molecular weight excluding hydrogens is 252 g/mol. The highest BCUT2D eigenvalue weighted by molar-refractivity contribution is 4.87. The van der Waals surface area contributed by atoms with Crippen LogP contribution in [0.25, 0.3) is 0 Å². The van der Waals surface area contributed by atoms with Crippen molar-refractivity contribution in [2.24, 2.45) is 23.2 Å². The monoisotopic (exact) mass is 294 g/mol. The molecule has 0 aromatic heterocycles. The van der Waals surface area contributed by atoms with Gasteiger partial charge in [-0.3, -0.25) is 0 Å². The summed E-state index contributed by atoms with van der Waals surface area (Å²) in [5.74, 6) is 2.65. The highest BCUT2D eigenvalue weighted by Gasteiger charge is 2.13.